The molecule has 4 nitrogen and oxygen atoms in total. The molecule has 0 amide bonds. The van der Waals surface area contributed by atoms with Gasteiger partial charge in [0.2, 0.25) is 0 Å². The molecule has 1 atom stereocenters. The lowest BCUT2D eigenvalue weighted by molar-refractivity contribution is 0.0520. The Bertz CT molecular complexity index is 1370. The number of aromatic nitrogens is 3. The number of benzene rings is 3. The SMILES string of the molecule is Cn1ccc2ccc(C(O)(CF)c3ccc4c(cnn4-c4ccc(F)cc4)c3)cc21. The van der Waals surface area contributed by atoms with Gasteiger partial charge in [-0.1, -0.05) is 18.2 Å². The van der Waals surface area contributed by atoms with Gasteiger partial charge in [-0.2, -0.15) is 5.10 Å². The first-order valence-corrected chi connectivity index (χ1v) is 9.58. The second-order valence-corrected chi connectivity index (χ2v) is 7.50. The molecule has 0 saturated heterocycles. The van der Waals surface area contributed by atoms with Gasteiger partial charge in [0.1, 0.15) is 18.1 Å². The zero-order valence-corrected chi connectivity index (χ0v) is 16.3. The maximum Gasteiger partial charge on any atom is 0.143 e. The second kappa shape index (κ2) is 6.78. The monoisotopic (exact) mass is 403 g/mol. The summed E-state index contributed by atoms with van der Waals surface area (Å²) in [5, 5.41) is 17.5. The van der Waals surface area contributed by atoms with Crippen molar-refractivity contribution in [1.82, 2.24) is 14.3 Å². The van der Waals surface area contributed by atoms with Crippen LogP contribution in [-0.2, 0) is 12.6 Å². The third-order valence-electron chi connectivity index (χ3n) is 5.68. The van der Waals surface area contributed by atoms with Gasteiger partial charge in [-0.25, -0.2) is 13.5 Å². The Labute approximate surface area is 171 Å². The van der Waals surface area contributed by atoms with E-state index in [1.54, 1.807) is 47.3 Å². The molecule has 1 unspecified atom stereocenters. The van der Waals surface area contributed by atoms with Crippen molar-refractivity contribution in [2.75, 3.05) is 6.67 Å². The van der Waals surface area contributed by atoms with Gasteiger partial charge in [0.15, 0.2) is 0 Å². The highest BCUT2D eigenvalue weighted by Gasteiger charge is 2.32. The summed E-state index contributed by atoms with van der Waals surface area (Å²) in [5.41, 5.74) is 1.59. The fourth-order valence-electron chi connectivity index (χ4n) is 3.92. The molecule has 0 fully saturated rings. The Hall–Kier alpha value is -3.51. The molecule has 2 heterocycles. The summed E-state index contributed by atoms with van der Waals surface area (Å²) < 4.78 is 31.1. The maximum absolute atomic E-state index is 14.2. The lowest BCUT2D eigenvalue weighted by Gasteiger charge is -2.26. The summed E-state index contributed by atoms with van der Waals surface area (Å²) in [6, 6.07) is 18.7. The predicted molar refractivity (Wildman–Crippen MR) is 113 cm³/mol. The number of aliphatic hydroxyl groups is 1. The van der Waals surface area contributed by atoms with Crippen molar-refractivity contribution in [3.63, 3.8) is 0 Å². The van der Waals surface area contributed by atoms with Crippen LogP contribution in [-0.4, -0.2) is 26.1 Å². The van der Waals surface area contributed by atoms with E-state index >= 15 is 0 Å². The number of rotatable bonds is 4. The molecule has 0 bridgehead atoms. The summed E-state index contributed by atoms with van der Waals surface area (Å²) >= 11 is 0. The van der Waals surface area contributed by atoms with E-state index in [1.165, 1.54) is 12.1 Å². The minimum atomic E-state index is -1.77. The lowest BCUT2D eigenvalue weighted by Crippen LogP contribution is -2.29. The Balaban J connectivity index is 1.61. The largest absolute Gasteiger partial charge is 0.378 e. The summed E-state index contributed by atoms with van der Waals surface area (Å²) in [7, 11) is 1.91. The van der Waals surface area contributed by atoms with E-state index in [1.807, 2.05) is 36.0 Å². The van der Waals surface area contributed by atoms with Crippen molar-refractivity contribution in [1.29, 1.82) is 0 Å². The van der Waals surface area contributed by atoms with E-state index in [0.29, 0.717) is 16.8 Å². The fourth-order valence-corrected chi connectivity index (χ4v) is 3.92. The van der Waals surface area contributed by atoms with Crippen LogP contribution < -0.4 is 0 Å². The zero-order chi connectivity index (χ0) is 20.9. The van der Waals surface area contributed by atoms with Crippen LogP contribution in [0.25, 0.3) is 27.5 Å². The van der Waals surface area contributed by atoms with Crippen LogP contribution in [0.1, 0.15) is 11.1 Å². The third kappa shape index (κ3) is 2.80. The van der Waals surface area contributed by atoms with Crippen LogP contribution in [0.3, 0.4) is 0 Å². The van der Waals surface area contributed by atoms with Gasteiger partial charge < -0.3 is 9.67 Å². The van der Waals surface area contributed by atoms with Crippen molar-refractivity contribution in [2.24, 2.45) is 7.05 Å². The van der Waals surface area contributed by atoms with Crippen LogP contribution in [0, 0.1) is 5.82 Å². The molecule has 3 aromatic carbocycles. The molecule has 0 aliphatic heterocycles. The van der Waals surface area contributed by atoms with E-state index in [-0.39, 0.29) is 5.82 Å². The normalized spacial score (nSPS) is 13.7. The number of halogens is 2. The second-order valence-electron chi connectivity index (χ2n) is 7.50. The van der Waals surface area contributed by atoms with Crippen molar-refractivity contribution in [3.8, 4) is 5.69 Å². The molecule has 0 saturated carbocycles. The third-order valence-corrected chi connectivity index (χ3v) is 5.68. The van der Waals surface area contributed by atoms with Crippen molar-refractivity contribution in [2.45, 2.75) is 5.60 Å². The van der Waals surface area contributed by atoms with Crippen LogP contribution in [0.15, 0.2) is 79.1 Å². The molecule has 0 spiro atoms. The van der Waals surface area contributed by atoms with Crippen molar-refractivity contribution in [3.05, 3.63) is 96.1 Å². The lowest BCUT2D eigenvalue weighted by atomic mass is 9.86. The highest BCUT2D eigenvalue weighted by molar-refractivity contribution is 5.83. The molecule has 5 aromatic rings. The molecule has 2 aromatic heterocycles. The van der Waals surface area contributed by atoms with Gasteiger partial charge in [-0.15, -0.1) is 0 Å². The van der Waals surface area contributed by atoms with E-state index in [0.717, 1.165) is 21.8 Å². The number of nitrogens with zero attached hydrogens (tertiary/aromatic N) is 3. The first-order chi connectivity index (χ1) is 14.5. The summed E-state index contributed by atoms with van der Waals surface area (Å²) in [6.07, 6.45) is 3.58. The summed E-state index contributed by atoms with van der Waals surface area (Å²) in [5.74, 6) is -0.319. The molecular weight excluding hydrogens is 384 g/mol. The fraction of sp³-hybridized carbons (Fsp3) is 0.125. The summed E-state index contributed by atoms with van der Waals surface area (Å²) in [4.78, 5) is 0. The number of fused-ring (bicyclic) bond motifs is 2. The minimum Gasteiger partial charge on any atom is -0.378 e. The van der Waals surface area contributed by atoms with Gasteiger partial charge in [0.25, 0.3) is 0 Å². The number of hydrogen-bond donors (Lipinski definition) is 1. The van der Waals surface area contributed by atoms with E-state index in [9.17, 15) is 13.9 Å². The van der Waals surface area contributed by atoms with Crippen LogP contribution >= 0.6 is 0 Å². The van der Waals surface area contributed by atoms with E-state index < -0.39 is 12.3 Å². The Morgan fingerprint density at radius 3 is 2.40 bits per heavy atom. The smallest absolute Gasteiger partial charge is 0.143 e. The minimum absolute atomic E-state index is 0.319. The number of aryl methyl sites for hydroxylation is 1. The molecule has 150 valence electrons. The highest BCUT2D eigenvalue weighted by atomic mass is 19.1. The van der Waals surface area contributed by atoms with Crippen LogP contribution in [0.2, 0.25) is 0 Å². The molecule has 0 radical (unpaired) electrons. The standard InChI is InChI=1S/C24H19F2N3O/c1-28-11-10-16-2-3-19(13-23(16)28)24(30,15-25)18-4-9-22-17(12-18)14-27-29(22)21-7-5-20(26)6-8-21/h2-14,30H,15H2,1H3. The summed E-state index contributed by atoms with van der Waals surface area (Å²) in [6.45, 7) is -0.958. The number of hydrogen-bond acceptors (Lipinski definition) is 2. The van der Waals surface area contributed by atoms with E-state index in [2.05, 4.69) is 5.10 Å². The Morgan fingerprint density at radius 2 is 1.63 bits per heavy atom. The highest BCUT2D eigenvalue weighted by Crippen LogP contribution is 2.34. The van der Waals surface area contributed by atoms with Gasteiger partial charge in [0, 0.05) is 24.1 Å². The molecule has 6 heteroatoms. The average molecular weight is 403 g/mol. The zero-order valence-electron chi connectivity index (χ0n) is 16.3. The van der Waals surface area contributed by atoms with Gasteiger partial charge >= 0.3 is 0 Å². The molecule has 1 N–H and O–H groups in total. The first-order valence-electron chi connectivity index (χ1n) is 9.58. The van der Waals surface area contributed by atoms with Crippen molar-refractivity contribution >= 4 is 21.8 Å². The van der Waals surface area contributed by atoms with Crippen molar-refractivity contribution < 1.29 is 13.9 Å². The molecule has 30 heavy (non-hydrogen) atoms. The quantitative estimate of drug-likeness (QED) is 0.466. The van der Waals surface area contributed by atoms with Gasteiger partial charge in [0.05, 0.1) is 17.4 Å². The first kappa shape index (κ1) is 18.5. The molecular formula is C24H19F2N3O. The Morgan fingerprint density at radius 1 is 0.900 bits per heavy atom. The van der Waals surface area contributed by atoms with Gasteiger partial charge in [-0.3, -0.25) is 0 Å². The van der Waals surface area contributed by atoms with Crippen LogP contribution in [0.4, 0.5) is 8.78 Å². The predicted octanol–water partition coefficient (Wildman–Crippen LogP) is 4.86. The van der Waals surface area contributed by atoms with Crippen LogP contribution in [0.5, 0.6) is 0 Å². The molecule has 0 aliphatic carbocycles. The maximum atomic E-state index is 14.2. The topological polar surface area (TPSA) is 43.0 Å². The number of alkyl halides is 1. The molecule has 0 aliphatic rings. The molecule has 5 rings (SSSR count). The Kier molecular flexibility index (Phi) is 4.18. The van der Waals surface area contributed by atoms with Gasteiger partial charge in [-0.05, 0) is 65.0 Å². The average Bonchev–Trinajstić information content (AvgIpc) is 3.37. The van der Waals surface area contributed by atoms with E-state index in [4.69, 9.17) is 0 Å².